The van der Waals surface area contributed by atoms with Gasteiger partial charge in [-0.05, 0) is 37.9 Å². The SMILES string of the molecule is CCCNCCNC(=O)COc1c(C)cccc1C. The highest BCUT2D eigenvalue weighted by atomic mass is 16.5. The van der Waals surface area contributed by atoms with Gasteiger partial charge in [0.25, 0.3) is 5.91 Å². The third-order valence-corrected chi connectivity index (χ3v) is 2.81. The van der Waals surface area contributed by atoms with Crippen LogP contribution in [-0.2, 0) is 4.79 Å². The van der Waals surface area contributed by atoms with Crippen molar-refractivity contribution in [1.82, 2.24) is 10.6 Å². The van der Waals surface area contributed by atoms with Gasteiger partial charge in [0, 0.05) is 13.1 Å². The summed E-state index contributed by atoms with van der Waals surface area (Å²) in [6, 6.07) is 5.95. The Hall–Kier alpha value is -1.55. The van der Waals surface area contributed by atoms with E-state index in [2.05, 4.69) is 17.6 Å². The monoisotopic (exact) mass is 264 g/mol. The van der Waals surface area contributed by atoms with Crippen molar-refractivity contribution in [2.45, 2.75) is 27.2 Å². The van der Waals surface area contributed by atoms with E-state index in [0.29, 0.717) is 6.54 Å². The van der Waals surface area contributed by atoms with Crippen molar-refractivity contribution in [2.24, 2.45) is 0 Å². The van der Waals surface area contributed by atoms with Crippen molar-refractivity contribution >= 4 is 5.91 Å². The molecule has 106 valence electrons. The lowest BCUT2D eigenvalue weighted by atomic mass is 10.1. The van der Waals surface area contributed by atoms with Crippen LogP contribution in [0.5, 0.6) is 5.75 Å². The van der Waals surface area contributed by atoms with Crippen LogP contribution < -0.4 is 15.4 Å². The summed E-state index contributed by atoms with van der Waals surface area (Å²) in [5.74, 6) is 0.725. The van der Waals surface area contributed by atoms with Gasteiger partial charge in [-0.25, -0.2) is 0 Å². The Balaban J connectivity index is 2.26. The Labute approximate surface area is 115 Å². The van der Waals surface area contributed by atoms with Crippen molar-refractivity contribution < 1.29 is 9.53 Å². The van der Waals surface area contributed by atoms with E-state index >= 15 is 0 Å². The summed E-state index contributed by atoms with van der Waals surface area (Å²) in [7, 11) is 0. The maximum Gasteiger partial charge on any atom is 0.257 e. The van der Waals surface area contributed by atoms with Crippen LogP contribution in [0.1, 0.15) is 24.5 Å². The van der Waals surface area contributed by atoms with Gasteiger partial charge in [0.2, 0.25) is 0 Å². The molecule has 0 aliphatic carbocycles. The third kappa shape index (κ3) is 5.75. The van der Waals surface area contributed by atoms with Gasteiger partial charge in [0.05, 0.1) is 0 Å². The Morgan fingerprint density at radius 1 is 1.16 bits per heavy atom. The Kier molecular flexibility index (Phi) is 6.97. The van der Waals surface area contributed by atoms with Crippen LogP contribution >= 0.6 is 0 Å². The van der Waals surface area contributed by atoms with Gasteiger partial charge >= 0.3 is 0 Å². The molecule has 0 saturated heterocycles. The minimum absolute atomic E-state index is 0.0689. The van der Waals surface area contributed by atoms with E-state index in [-0.39, 0.29) is 12.5 Å². The number of ether oxygens (including phenoxy) is 1. The Morgan fingerprint density at radius 2 is 1.84 bits per heavy atom. The van der Waals surface area contributed by atoms with E-state index in [1.807, 2.05) is 32.0 Å². The first-order chi connectivity index (χ1) is 9.15. The average molecular weight is 264 g/mol. The predicted molar refractivity (Wildman–Crippen MR) is 77.6 cm³/mol. The molecule has 0 aliphatic rings. The van der Waals surface area contributed by atoms with E-state index in [1.165, 1.54) is 0 Å². The fraction of sp³-hybridized carbons (Fsp3) is 0.533. The van der Waals surface area contributed by atoms with Gasteiger partial charge in [-0.3, -0.25) is 4.79 Å². The van der Waals surface area contributed by atoms with Crippen LogP contribution in [0, 0.1) is 13.8 Å². The molecule has 4 heteroatoms. The molecule has 0 radical (unpaired) electrons. The van der Waals surface area contributed by atoms with Crippen molar-refractivity contribution in [2.75, 3.05) is 26.2 Å². The zero-order valence-electron chi connectivity index (χ0n) is 12.1. The fourth-order valence-corrected chi connectivity index (χ4v) is 1.81. The van der Waals surface area contributed by atoms with Crippen LogP contribution in [-0.4, -0.2) is 32.1 Å². The summed E-state index contributed by atoms with van der Waals surface area (Å²) in [6.45, 7) is 8.56. The molecule has 0 aliphatic heterocycles. The van der Waals surface area contributed by atoms with Crippen LogP contribution in [0.15, 0.2) is 18.2 Å². The summed E-state index contributed by atoms with van der Waals surface area (Å²) in [5.41, 5.74) is 2.11. The van der Waals surface area contributed by atoms with E-state index in [1.54, 1.807) is 0 Å². The minimum atomic E-state index is -0.0825. The van der Waals surface area contributed by atoms with Crippen LogP contribution in [0.3, 0.4) is 0 Å². The number of para-hydroxylation sites is 1. The number of nitrogens with one attached hydrogen (secondary N) is 2. The number of amides is 1. The zero-order chi connectivity index (χ0) is 14.1. The summed E-state index contributed by atoms with van der Waals surface area (Å²) in [6.07, 6.45) is 1.10. The molecule has 0 aromatic heterocycles. The molecule has 2 N–H and O–H groups in total. The van der Waals surface area contributed by atoms with Gasteiger partial charge in [-0.15, -0.1) is 0 Å². The summed E-state index contributed by atoms with van der Waals surface area (Å²) in [5, 5.41) is 6.05. The lowest BCUT2D eigenvalue weighted by Gasteiger charge is -2.12. The molecule has 0 heterocycles. The first-order valence-corrected chi connectivity index (χ1v) is 6.81. The van der Waals surface area contributed by atoms with Crippen molar-refractivity contribution in [1.29, 1.82) is 0 Å². The number of benzene rings is 1. The lowest BCUT2D eigenvalue weighted by Crippen LogP contribution is -2.35. The highest BCUT2D eigenvalue weighted by Gasteiger charge is 2.06. The fourth-order valence-electron chi connectivity index (χ4n) is 1.81. The smallest absolute Gasteiger partial charge is 0.257 e. The van der Waals surface area contributed by atoms with Crippen LogP contribution in [0.2, 0.25) is 0 Å². The molecule has 1 amide bonds. The molecular formula is C15H24N2O2. The second-order valence-electron chi connectivity index (χ2n) is 4.61. The summed E-state index contributed by atoms with van der Waals surface area (Å²) in [4.78, 5) is 11.6. The van der Waals surface area contributed by atoms with Crippen molar-refractivity contribution in [3.63, 3.8) is 0 Å². The first-order valence-electron chi connectivity index (χ1n) is 6.81. The molecule has 0 saturated carbocycles. The quantitative estimate of drug-likeness (QED) is 0.704. The number of aryl methyl sites for hydroxylation is 2. The summed E-state index contributed by atoms with van der Waals surface area (Å²) >= 11 is 0. The standard InChI is InChI=1S/C15H24N2O2/c1-4-8-16-9-10-17-14(18)11-19-15-12(2)6-5-7-13(15)3/h5-7,16H,4,8-11H2,1-3H3,(H,17,18). The highest BCUT2D eigenvalue weighted by Crippen LogP contribution is 2.21. The van der Waals surface area contributed by atoms with Gasteiger partial charge in [0.15, 0.2) is 6.61 Å². The molecule has 4 nitrogen and oxygen atoms in total. The number of hydrogen-bond donors (Lipinski definition) is 2. The second kappa shape index (κ2) is 8.53. The number of rotatable bonds is 8. The second-order valence-corrected chi connectivity index (χ2v) is 4.61. The van der Waals surface area contributed by atoms with E-state index in [0.717, 1.165) is 36.4 Å². The van der Waals surface area contributed by atoms with Gasteiger partial charge in [-0.1, -0.05) is 25.1 Å². The minimum Gasteiger partial charge on any atom is -0.483 e. The number of carbonyl (C=O) groups is 1. The van der Waals surface area contributed by atoms with Crippen LogP contribution in [0.4, 0.5) is 0 Å². The Bertz CT molecular complexity index is 385. The summed E-state index contributed by atoms with van der Waals surface area (Å²) < 4.78 is 5.58. The highest BCUT2D eigenvalue weighted by molar-refractivity contribution is 5.77. The maximum atomic E-state index is 11.6. The van der Waals surface area contributed by atoms with E-state index < -0.39 is 0 Å². The first kappa shape index (κ1) is 15.5. The zero-order valence-corrected chi connectivity index (χ0v) is 12.1. The number of hydrogen-bond acceptors (Lipinski definition) is 3. The maximum absolute atomic E-state index is 11.6. The molecular weight excluding hydrogens is 240 g/mol. The Morgan fingerprint density at radius 3 is 2.47 bits per heavy atom. The number of carbonyl (C=O) groups excluding carboxylic acids is 1. The molecule has 0 fully saturated rings. The van der Waals surface area contributed by atoms with Crippen LogP contribution in [0.25, 0.3) is 0 Å². The average Bonchev–Trinajstić information content (AvgIpc) is 2.38. The molecule has 19 heavy (non-hydrogen) atoms. The molecule has 1 aromatic rings. The van der Waals surface area contributed by atoms with E-state index in [9.17, 15) is 4.79 Å². The predicted octanol–water partition coefficient (Wildman–Crippen LogP) is 1.80. The van der Waals surface area contributed by atoms with Gasteiger partial charge < -0.3 is 15.4 Å². The normalized spacial score (nSPS) is 10.3. The topological polar surface area (TPSA) is 50.4 Å². The van der Waals surface area contributed by atoms with Gasteiger partial charge in [-0.2, -0.15) is 0 Å². The molecule has 0 bridgehead atoms. The molecule has 0 atom stereocenters. The van der Waals surface area contributed by atoms with Crippen molar-refractivity contribution in [3.05, 3.63) is 29.3 Å². The van der Waals surface area contributed by atoms with E-state index in [4.69, 9.17) is 4.74 Å². The molecule has 1 aromatic carbocycles. The van der Waals surface area contributed by atoms with Gasteiger partial charge in [0.1, 0.15) is 5.75 Å². The largest absolute Gasteiger partial charge is 0.483 e. The molecule has 0 unspecified atom stereocenters. The third-order valence-electron chi connectivity index (χ3n) is 2.81. The molecule has 0 spiro atoms. The molecule has 1 rings (SSSR count). The lowest BCUT2D eigenvalue weighted by molar-refractivity contribution is -0.123. The van der Waals surface area contributed by atoms with Crippen molar-refractivity contribution in [3.8, 4) is 5.75 Å².